The summed E-state index contributed by atoms with van der Waals surface area (Å²) in [6, 6.07) is 5.27. The Balaban J connectivity index is 2.19. The molecule has 0 unspecified atom stereocenters. The highest BCUT2D eigenvalue weighted by Gasteiger charge is 2.31. The predicted molar refractivity (Wildman–Crippen MR) is 101 cm³/mol. The smallest absolute Gasteiger partial charge is 0.274 e. The SMILES string of the molecule is COc1cc(N)c(/C(=C(\N)C#N)N2CC(CCNS(N)(=O)=O)C2)cc1OC. The van der Waals surface area contributed by atoms with E-state index >= 15 is 0 Å². The highest BCUT2D eigenvalue weighted by molar-refractivity contribution is 7.87. The maximum atomic E-state index is 10.9. The first-order valence-electron chi connectivity index (χ1n) is 8.14. The van der Waals surface area contributed by atoms with Crippen LogP contribution in [0.3, 0.4) is 0 Å². The summed E-state index contributed by atoms with van der Waals surface area (Å²) in [4.78, 5) is 1.93. The molecule has 2 rings (SSSR count). The Morgan fingerprint density at radius 3 is 2.44 bits per heavy atom. The van der Waals surface area contributed by atoms with Crippen LogP contribution in [0.15, 0.2) is 17.8 Å². The zero-order valence-corrected chi connectivity index (χ0v) is 16.0. The number of anilines is 1. The van der Waals surface area contributed by atoms with Gasteiger partial charge in [-0.2, -0.15) is 13.7 Å². The number of nitrogens with zero attached hydrogens (tertiary/aromatic N) is 2. The van der Waals surface area contributed by atoms with E-state index < -0.39 is 10.2 Å². The van der Waals surface area contributed by atoms with Gasteiger partial charge in [0.15, 0.2) is 11.5 Å². The van der Waals surface area contributed by atoms with Gasteiger partial charge in [0.25, 0.3) is 10.2 Å². The molecule has 1 aromatic carbocycles. The largest absolute Gasteiger partial charge is 0.493 e. The van der Waals surface area contributed by atoms with E-state index in [9.17, 15) is 13.7 Å². The van der Waals surface area contributed by atoms with Gasteiger partial charge in [0, 0.05) is 37.0 Å². The second kappa shape index (κ2) is 8.34. The fourth-order valence-corrected chi connectivity index (χ4v) is 3.38. The summed E-state index contributed by atoms with van der Waals surface area (Å²) in [5.74, 6) is 1.19. The molecule has 0 radical (unpaired) electrons. The van der Waals surface area contributed by atoms with Crippen LogP contribution in [0.2, 0.25) is 0 Å². The van der Waals surface area contributed by atoms with Gasteiger partial charge in [0.05, 0.1) is 19.9 Å². The number of benzene rings is 1. The van der Waals surface area contributed by atoms with Crippen molar-refractivity contribution < 1.29 is 17.9 Å². The van der Waals surface area contributed by atoms with Crippen molar-refractivity contribution in [3.8, 4) is 17.6 Å². The number of rotatable bonds is 8. The fraction of sp³-hybridized carbons (Fsp3) is 0.438. The molecule has 0 aromatic heterocycles. The summed E-state index contributed by atoms with van der Waals surface area (Å²) in [6.07, 6.45) is 0.619. The van der Waals surface area contributed by atoms with Gasteiger partial charge in [0.1, 0.15) is 11.8 Å². The van der Waals surface area contributed by atoms with Crippen LogP contribution in [0.1, 0.15) is 12.0 Å². The topological polar surface area (TPSA) is 170 Å². The van der Waals surface area contributed by atoms with E-state index in [4.69, 9.17) is 26.1 Å². The third kappa shape index (κ3) is 4.94. The summed E-state index contributed by atoms with van der Waals surface area (Å²) < 4.78 is 34.6. The molecule has 1 aliphatic heterocycles. The Morgan fingerprint density at radius 2 is 1.93 bits per heavy atom. The highest BCUT2D eigenvalue weighted by Crippen LogP contribution is 2.39. The molecular formula is C16H24N6O4S. The van der Waals surface area contributed by atoms with E-state index in [-0.39, 0.29) is 18.2 Å². The van der Waals surface area contributed by atoms with Crippen molar-refractivity contribution in [2.75, 3.05) is 39.6 Å². The van der Waals surface area contributed by atoms with Crippen molar-refractivity contribution in [2.45, 2.75) is 6.42 Å². The molecule has 27 heavy (non-hydrogen) atoms. The number of likely N-dealkylation sites (tertiary alicyclic amines) is 1. The molecular weight excluding hydrogens is 372 g/mol. The molecule has 0 spiro atoms. The van der Waals surface area contributed by atoms with Crippen molar-refractivity contribution in [2.24, 2.45) is 16.8 Å². The van der Waals surface area contributed by atoms with Crippen LogP contribution in [0.5, 0.6) is 11.5 Å². The standard InChI is InChI=1S/C16H24N6O4S/c1-25-14-5-11(12(18)6-15(14)26-2)16(13(19)7-17)22-8-10(9-22)3-4-21-27(20,23)24/h5-6,10,21H,3-4,8-9,18-19H2,1-2H3,(H2,20,23,24)/b16-13+. The normalized spacial score (nSPS) is 15.6. The van der Waals surface area contributed by atoms with Crippen molar-refractivity contribution in [3.05, 3.63) is 23.4 Å². The minimum absolute atomic E-state index is 0.0371. The monoisotopic (exact) mass is 396 g/mol. The number of hydrogen-bond acceptors (Lipinski definition) is 8. The van der Waals surface area contributed by atoms with Crippen LogP contribution in [-0.2, 0) is 10.2 Å². The van der Waals surface area contributed by atoms with Gasteiger partial charge < -0.3 is 25.8 Å². The summed E-state index contributed by atoms with van der Waals surface area (Å²) in [7, 11) is -0.679. The molecule has 11 heteroatoms. The summed E-state index contributed by atoms with van der Waals surface area (Å²) in [6.45, 7) is 1.47. The third-order valence-electron chi connectivity index (χ3n) is 4.32. The molecule has 148 valence electrons. The van der Waals surface area contributed by atoms with Gasteiger partial charge in [-0.3, -0.25) is 0 Å². The first kappa shape index (κ1) is 20.6. The second-order valence-corrected chi connectivity index (χ2v) is 7.55. The number of ether oxygens (including phenoxy) is 2. The van der Waals surface area contributed by atoms with E-state index in [0.29, 0.717) is 48.0 Å². The van der Waals surface area contributed by atoms with Crippen LogP contribution >= 0.6 is 0 Å². The number of nitrogens with one attached hydrogen (secondary N) is 1. The lowest BCUT2D eigenvalue weighted by molar-refractivity contribution is 0.165. The van der Waals surface area contributed by atoms with Crippen molar-refractivity contribution >= 4 is 21.6 Å². The average Bonchev–Trinajstić information content (AvgIpc) is 2.58. The lowest BCUT2D eigenvalue weighted by Gasteiger charge is -2.43. The van der Waals surface area contributed by atoms with E-state index in [0.717, 1.165) is 0 Å². The fourth-order valence-electron chi connectivity index (χ4n) is 2.98. The van der Waals surface area contributed by atoms with Gasteiger partial charge in [-0.15, -0.1) is 0 Å². The zero-order chi connectivity index (χ0) is 20.2. The number of hydrogen-bond donors (Lipinski definition) is 4. The molecule has 0 bridgehead atoms. The maximum Gasteiger partial charge on any atom is 0.274 e. The Hall–Kier alpha value is -2.68. The molecule has 0 amide bonds. The molecule has 1 aliphatic rings. The Bertz CT molecular complexity index is 872. The van der Waals surface area contributed by atoms with Crippen LogP contribution < -0.4 is 30.8 Å². The molecule has 7 N–H and O–H groups in total. The Morgan fingerprint density at radius 1 is 1.33 bits per heavy atom. The predicted octanol–water partition coefficient (Wildman–Crippen LogP) is -0.448. The second-order valence-electron chi connectivity index (χ2n) is 6.17. The maximum absolute atomic E-state index is 10.9. The van der Waals surface area contributed by atoms with Gasteiger partial charge in [-0.05, 0) is 18.4 Å². The van der Waals surface area contributed by atoms with Gasteiger partial charge in [-0.1, -0.05) is 0 Å². The van der Waals surface area contributed by atoms with Crippen molar-refractivity contribution in [1.29, 1.82) is 5.26 Å². The molecule has 1 saturated heterocycles. The van der Waals surface area contributed by atoms with Crippen LogP contribution in [-0.4, -0.2) is 47.2 Å². The molecule has 1 heterocycles. The number of methoxy groups -OCH3 is 2. The van der Waals surface area contributed by atoms with E-state index in [2.05, 4.69) is 4.72 Å². The first-order valence-corrected chi connectivity index (χ1v) is 9.68. The van der Waals surface area contributed by atoms with Crippen molar-refractivity contribution in [1.82, 2.24) is 9.62 Å². The van der Waals surface area contributed by atoms with Crippen LogP contribution in [0.4, 0.5) is 5.69 Å². The van der Waals surface area contributed by atoms with E-state index in [1.165, 1.54) is 14.2 Å². The van der Waals surface area contributed by atoms with Crippen molar-refractivity contribution in [3.63, 3.8) is 0 Å². The molecule has 10 nitrogen and oxygen atoms in total. The number of nitrogen functional groups attached to an aromatic ring is 1. The van der Waals surface area contributed by atoms with Gasteiger partial charge >= 0.3 is 0 Å². The molecule has 0 aliphatic carbocycles. The summed E-state index contributed by atoms with van der Waals surface area (Å²) in [5, 5.41) is 14.2. The zero-order valence-electron chi connectivity index (χ0n) is 15.2. The molecule has 1 fully saturated rings. The molecule has 0 atom stereocenters. The molecule has 1 aromatic rings. The lowest BCUT2D eigenvalue weighted by Crippen LogP contribution is -2.47. The minimum atomic E-state index is -3.69. The van der Waals surface area contributed by atoms with E-state index in [1.54, 1.807) is 12.1 Å². The Labute approximate surface area is 158 Å². The number of nitrogens with two attached hydrogens (primary N) is 3. The first-order chi connectivity index (χ1) is 12.7. The Kier molecular flexibility index (Phi) is 6.37. The third-order valence-corrected chi connectivity index (χ3v) is 4.92. The van der Waals surface area contributed by atoms with Crippen LogP contribution in [0, 0.1) is 17.2 Å². The van der Waals surface area contributed by atoms with Crippen LogP contribution in [0.25, 0.3) is 5.70 Å². The number of allylic oxidation sites excluding steroid dienone is 1. The van der Waals surface area contributed by atoms with Gasteiger partial charge in [-0.25, -0.2) is 9.86 Å². The minimum Gasteiger partial charge on any atom is -0.493 e. The van der Waals surface area contributed by atoms with E-state index in [1.807, 2.05) is 11.0 Å². The molecule has 0 saturated carbocycles. The summed E-state index contributed by atoms with van der Waals surface area (Å²) >= 11 is 0. The lowest BCUT2D eigenvalue weighted by atomic mass is 9.93. The summed E-state index contributed by atoms with van der Waals surface area (Å²) in [5.41, 5.74) is 13.6. The average molecular weight is 396 g/mol. The quantitative estimate of drug-likeness (QED) is 0.338. The number of nitriles is 1. The highest BCUT2D eigenvalue weighted by atomic mass is 32.2. The van der Waals surface area contributed by atoms with Gasteiger partial charge in [0.2, 0.25) is 0 Å².